The number of ketones is 1. The van der Waals surface area contributed by atoms with E-state index in [2.05, 4.69) is 19.6 Å². The summed E-state index contributed by atoms with van der Waals surface area (Å²) in [4.78, 5) is 49.2. The fourth-order valence-corrected chi connectivity index (χ4v) is 2.84. The number of allylic oxidation sites excluding steroid dienone is 1. The van der Waals surface area contributed by atoms with Crippen LogP contribution in [0.1, 0.15) is 20.8 Å². The number of esters is 2. The van der Waals surface area contributed by atoms with E-state index in [1.807, 2.05) is 0 Å². The van der Waals surface area contributed by atoms with Crippen molar-refractivity contribution in [1.29, 1.82) is 0 Å². The van der Waals surface area contributed by atoms with Gasteiger partial charge in [0.15, 0.2) is 11.5 Å². The molecular formula is C14H20N2O8. The van der Waals surface area contributed by atoms with Crippen LogP contribution in [0.2, 0.25) is 0 Å². The highest BCUT2D eigenvalue weighted by Gasteiger charge is 2.69. The highest BCUT2D eigenvalue weighted by Crippen LogP contribution is 2.47. The standard InChI is InChI=1S/C14H20N2O8/c1-7-9(10(18)22-4)14(8(2)17,11(19)23-5)13(3,21)16(15-7)12(20)24-6/h15,21H,1-6H3. The van der Waals surface area contributed by atoms with Gasteiger partial charge in [0.1, 0.15) is 0 Å². The number of nitrogens with one attached hydrogen (secondary N) is 1. The molecule has 0 aromatic rings. The molecule has 0 aromatic carbocycles. The Hall–Kier alpha value is -2.62. The van der Waals surface area contributed by atoms with Crippen molar-refractivity contribution in [3.8, 4) is 0 Å². The van der Waals surface area contributed by atoms with E-state index in [0.29, 0.717) is 5.01 Å². The molecule has 1 amide bonds. The van der Waals surface area contributed by atoms with Gasteiger partial charge in [0.05, 0.1) is 26.9 Å². The topological polar surface area (TPSA) is 131 Å². The smallest absolute Gasteiger partial charge is 0.431 e. The second-order valence-corrected chi connectivity index (χ2v) is 5.23. The lowest BCUT2D eigenvalue weighted by Gasteiger charge is -2.50. The minimum absolute atomic E-state index is 0.0561. The molecule has 0 radical (unpaired) electrons. The Morgan fingerprint density at radius 3 is 2.00 bits per heavy atom. The van der Waals surface area contributed by atoms with Crippen LogP contribution in [0.5, 0.6) is 0 Å². The van der Waals surface area contributed by atoms with E-state index in [1.165, 1.54) is 6.92 Å². The molecule has 134 valence electrons. The molecule has 10 heteroatoms. The van der Waals surface area contributed by atoms with Gasteiger partial charge < -0.3 is 19.3 Å². The average molecular weight is 344 g/mol. The Morgan fingerprint density at radius 2 is 1.62 bits per heavy atom. The number of hydrogen-bond donors (Lipinski definition) is 2. The molecule has 2 unspecified atom stereocenters. The minimum Gasteiger partial charge on any atom is -0.468 e. The van der Waals surface area contributed by atoms with Crippen LogP contribution in [0.4, 0.5) is 4.79 Å². The fourth-order valence-electron chi connectivity index (χ4n) is 2.84. The molecule has 0 saturated carbocycles. The lowest BCUT2D eigenvalue weighted by Crippen LogP contribution is -2.73. The number of nitrogens with zero attached hydrogens (tertiary/aromatic N) is 1. The molecule has 0 bridgehead atoms. The van der Waals surface area contributed by atoms with Gasteiger partial charge in [0.2, 0.25) is 5.41 Å². The van der Waals surface area contributed by atoms with Crippen molar-refractivity contribution in [3.63, 3.8) is 0 Å². The quantitative estimate of drug-likeness (QED) is 0.394. The first kappa shape index (κ1) is 19.4. The summed E-state index contributed by atoms with van der Waals surface area (Å²) < 4.78 is 13.8. The molecule has 10 nitrogen and oxygen atoms in total. The van der Waals surface area contributed by atoms with Crippen molar-refractivity contribution < 1.29 is 38.5 Å². The number of Topliss-reactive ketones (excluding diaryl/α,β-unsaturated/α-hetero) is 1. The van der Waals surface area contributed by atoms with Crippen LogP contribution in [-0.4, -0.2) is 61.0 Å². The number of rotatable bonds is 3. The van der Waals surface area contributed by atoms with Gasteiger partial charge in [-0.1, -0.05) is 0 Å². The van der Waals surface area contributed by atoms with Gasteiger partial charge in [-0.15, -0.1) is 0 Å². The first-order chi connectivity index (χ1) is 11.0. The van der Waals surface area contributed by atoms with Crippen LogP contribution in [0, 0.1) is 5.41 Å². The summed E-state index contributed by atoms with van der Waals surface area (Å²) in [5.74, 6) is -3.19. The lowest BCUT2D eigenvalue weighted by atomic mass is 9.66. The summed E-state index contributed by atoms with van der Waals surface area (Å²) in [5, 5.41) is 11.5. The van der Waals surface area contributed by atoms with Crippen molar-refractivity contribution in [3.05, 3.63) is 11.3 Å². The van der Waals surface area contributed by atoms with Crippen LogP contribution in [0.3, 0.4) is 0 Å². The van der Waals surface area contributed by atoms with E-state index in [-0.39, 0.29) is 5.70 Å². The Bertz CT molecular complexity index is 624. The fraction of sp³-hybridized carbons (Fsp3) is 0.571. The first-order valence-electron chi connectivity index (χ1n) is 6.80. The number of hydrogen-bond acceptors (Lipinski definition) is 9. The number of methoxy groups -OCH3 is 3. The van der Waals surface area contributed by atoms with Crippen molar-refractivity contribution in [2.45, 2.75) is 26.5 Å². The van der Waals surface area contributed by atoms with Gasteiger partial charge in [0, 0.05) is 5.70 Å². The van der Waals surface area contributed by atoms with E-state index < -0.39 is 40.5 Å². The van der Waals surface area contributed by atoms with Gasteiger partial charge in [-0.2, -0.15) is 5.01 Å². The van der Waals surface area contributed by atoms with Crippen LogP contribution in [-0.2, 0) is 28.6 Å². The number of carbonyl (C=O) groups is 4. The van der Waals surface area contributed by atoms with Gasteiger partial charge in [-0.3, -0.25) is 15.0 Å². The number of aliphatic hydroxyl groups is 1. The van der Waals surface area contributed by atoms with Crippen LogP contribution in [0.25, 0.3) is 0 Å². The molecule has 2 atom stereocenters. The summed E-state index contributed by atoms with van der Waals surface area (Å²) in [6, 6.07) is 0. The summed E-state index contributed by atoms with van der Waals surface area (Å²) in [7, 11) is 3.08. The molecule has 1 aliphatic rings. The lowest BCUT2D eigenvalue weighted by molar-refractivity contribution is -0.204. The van der Waals surface area contributed by atoms with Gasteiger partial charge >= 0.3 is 18.0 Å². The van der Waals surface area contributed by atoms with Crippen molar-refractivity contribution in [2.75, 3.05) is 21.3 Å². The number of carbonyl (C=O) groups excluding carboxylic acids is 4. The summed E-state index contributed by atoms with van der Waals surface area (Å²) in [6.45, 7) is 3.32. The molecule has 0 saturated heterocycles. The Kier molecular flexibility index (Phi) is 5.24. The molecule has 1 heterocycles. The van der Waals surface area contributed by atoms with E-state index in [1.54, 1.807) is 0 Å². The summed E-state index contributed by atoms with van der Waals surface area (Å²) >= 11 is 0. The number of hydrazine groups is 1. The van der Waals surface area contributed by atoms with Gasteiger partial charge in [-0.25, -0.2) is 9.59 Å². The molecule has 1 aliphatic heterocycles. The third-order valence-electron chi connectivity index (χ3n) is 3.94. The van der Waals surface area contributed by atoms with E-state index in [9.17, 15) is 24.3 Å². The van der Waals surface area contributed by atoms with Crippen LogP contribution >= 0.6 is 0 Å². The molecule has 2 N–H and O–H groups in total. The van der Waals surface area contributed by atoms with Crippen molar-refractivity contribution in [1.82, 2.24) is 10.4 Å². The predicted octanol–water partition coefficient (Wildman–Crippen LogP) is -0.523. The maximum Gasteiger partial charge on any atom is 0.431 e. The van der Waals surface area contributed by atoms with Crippen molar-refractivity contribution in [2.24, 2.45) is 5.41 Å². The van der Waals surface area contributed by atoms with Crippen LogP contribution in [0.15, 0.2) is 11.3 Å². The Morgan fingerprint density at radius 1 is 1.08 bits per heavy atom. The molecule has 0 aromatic heterocycles. The van der Waals surface area contributed by atoms with Gasteiger partial charge in [0.25, 0.3) is 0 Å². The Balaban J connectivity index is 3.92. The maximum absolute atomic E-state index is 12.5. The summed E-state index contributed by atoms with van der Waals surface area (Å²) in [6.07, 6.45) is -1.09. The molecule has 24 heavy (non-hydrogen) atoms. The third-order valence-corrected chi connectivity index (χ3v) is 3.94. The highest BCUT2D eigenvalue weighted by molar-refractivity contribution is 6.15. The maximum atomic E-state index is 12.5. The summed E-state index contributed by atoms with van der Waals surface area (Å²) in [5.41, 5.74) is -3.14. The molecular weight excluding hydrogens is 324 g/mol. The largest absolute Gasteiger partial charge is 0.468 e. The van der Waals surface area contributed by atoms with Gasteiger partial charge in [-0.05, 0) is 20.8 Å². The molecule has 0 fully saturated rings. The predicted molar refractivity (Wildman–Crippen MR) is 77.8 cm³/mol. The minimum atomic E-state index is -2.53. The van der Waals surface area contributed by atoms with Crippen molar-refractivity contribution >= 4 is 23.8 Å². The highest BCUT2D eigenvalue weighted by atomic mass is 16.6. The monoisotopic (exact) mass is 344 g/mol. The van der Waals surface area contributed by atoms with Crippen LogP contribution < -0.4 is 5.43 Å². The normalized spacial score (nSPS) is 26.4. The second-order valence-electron chi connectivity index (χ2n) is 5.23. The average Bonchev–Trinajstić information content (AvgIpc) is 2.53. The molecule has 0 spiro atoms. The number of amides is 1. The number of ether oxygens (including phenoxy) is 3. The van der Waals surface area contributed by atoms with E-state index >= 15 is 0 Å². The molecule has 0 aliphatic carbocycles. The zero-order chi connectivity index (χ0) is 18.9. The van der Waals surface area contributed by atoms with E-state index in [4.69, 9.17) is 0 Å². The Labute approximate surface area is 138 Å². The first-order valence-corrected chi connectivity index (χ1v) is 6.80. The second kappa shape index (κ2) is 6.48. The zero-order valence-corrected chi connectivity index (χ0v) is 14.3. The SMILES string of the molecule is COC(=O)C1=C(C)NN(C(=O)OC)C(C)(O)C1(C(C)=O)C(=O)OC. The van der Waals surface area contributed by atoms with E-state index in [0.717, 1.165) is 35.2 Å². The third kappa shape index (κ3) is 2.39. The zero-order valence-electron chi connectivity index (χ0n) is 14.3. The molecule has 1 rings (SSSR count).